The van der Waals surface area contributed by atoms with Crippen LogP contribution >= 0.6 is 0 Å². The molecule has 0 radical (unpaired) electrons. The molecule has 13 nitrogen and oxygen atoms in total. The maximum atomic E-state index is 13.3. The van der Waals surface area contributed by atoms with E-state index in [-0.39, 0.29) is 12.3 Å². The van der Waals surface area contributed by atoms with Crippen LogP contribution in [-0.4, -0.2) is 75.6 Å². The van der Waals surface area contributed by atoms with Gasteiger partial charge in [-0.25, -0.2) is 4.79 Å². The Labute approximate surface area is 213 Å². The molecule has 5 unspecified atom stereocenters. The van der Waals surface area contributed by atoms with Crippen LogP contribution in [0.1, 0.15) is 32.3 Å². The molecule has 0 fully saturated rings. The number of H-pyrrole nitrogens is 1. The molecule has 2 rings (SSSR count). The quantitative estimate of drug-likeness (QED) is 0.146. The van der Waals surface area contributed by atoms with Gasteiger partial charge < -0.3 is 42.6 Å². The topological polar surface area (TPSA) is 230 Å². The van der Waals surface area contributed by atoms with Crippen molar-refractivity contribution in [3.05, 3.63) is 36.0 Å². The molecular formula is C24H34N6O7. The Kier molecular flexibility index (Phi) is 10.6. The Morgan fingerprint density at radius 1 is 0.973 bits per heavy atom. The second-order valence-electron chi connectivity index (χ2n) is 8.85. The molecule has 0 aliphatic carbocycles. The Hall–Kier alpha value is -3.97. The summed E-state index contributed by atoms with van der Waals surface area (Å²) in [7, 11) is 0. The molecule has 5 atom stereocenters. The van der Waals surface area contributed by atoms with Crippen molar-refractivity contribution < 1.29 is 34.2 Å². The number of carbonyl (C=O) groups is 5. The number of aliphatic carboxylic acids is 1. The number of aliphatic hydroxyl groups excluding tert-OH is 1. The Balaban J connectivity index is 2.32. The highest BCUT2D eigenvalue weighted by molar-refractivity contribution is 5.96. The number of carboxylic acid groups (broad SMARTS) is 1. The zero-order chi connectivity index (χ0) is 27.7. The van der Waals surface area contributed by atoms with Gasteiger partial charge in [-0.05, 0) is 17.5 Å². The van der Waals surface area contributed by atoms with Crippen LogP contribution < -0.4 is 27.4 Å². The number of carboxylic acids is 1. The molecular weight excluding hydrogens is 484 g/mol. The summed E-state index contributed by atoms with van der Waals surface area (Å²) in [6.07, 6.45) is 1.70. The number of benzene rings is 1. The summed E-state index contributed by atoms with van der Waals surface area (Å²) in [6, 6.07) is 2.04. The number of aromatic nitrogens is 1. The van der Waals surface area contributed by atoms with Crippen molar-refractivity contribution in [3.63, 3.8) is 0 Å². The van der Waals surface area contributed by atoms with Crippen molar-refractivity contribution in [2.24, 2.45) is 17.4 Å². The van der Waals surface area contributed by atoms with E-state index in [9.17, 15) is 29.1 Å². The number of amides is 4. The van der Waals surface area contributed by atoms with Crippen molar-refractivity contribution in [3.8, 4) is 0 Å². The zero-order valence-electron chi connectivity index (χ0n) is 20.7. The Morgan fingerprint density at radius 3 is 2.16 bits per heavy atom. The monoisotopic (exact) mass is 518 g/mol. The Morgan fingerprint density at radius 2 is 1.57 bits per heavy atom. The number of hydrogen-bond donors (Lipinski definition) is 8. The molecule has 0 saturated carbocycles. The van der Waals surface area contributed by atoms with E-state index in [4.69, 9.17) is 16.6 Å². The first kappa shape index (κ1) is 29.3. The number of rotatable bonds is 14. The van der Waals surface area contributed by atoms with Crippen LogP contribution in [-0.2, 0) is 30.4 Å². The predicted octanol–water partition coefficient (Wildman–Crippen LogP) is -1.51. The number of aliphatic hydroxyl groups is 1. The van der Waals surface area contributed by atoms with Gasteiger partial charge in [0.25, 0.3) is 0 Å². The number of nitrogens with one attached hydrogen (secondary N) is 4. The Bertz CT molecular complexity index is 1130. The third-order valence-corrected chi connectivity index (χ3v) is 6.13. The van der Waals surface area contributed by atoms with Crippen molar-refractivity contribution in [1.29, 1.82) is 0 Å². The maximum absolute atomic E-state index is 13.3. The average molecular weight is 519 g/mol. The number of fused-ring (bicyclic) bond motifs is 1. The van der Waals surface area contributed by atoms with Crippen LogP contribution in [0.25, 0.3) is 10.9 Å². The fraction of sp³-hybridized carbons (Fsp3) is 0.458. The van der Waals surface area contributed by atoms with Gasteiger partial charge in [0.15, 0.2) is 0 Å². The van der Waals surface area contributed by atoms with Gasteiger partial charge >= 0.3 is 5.97 Å². The van der Waals surface area contributed by atoms with Gasteiger partial charge in [-0.1, -0.05) is 38.5 Å². The summed E-state index contributed by atoms with van der Waals surface area (Å²) in [5, 5.41) is 26.1. The first-order valence-corrected chi connectivity index (χ1v) is 11.8. The van der Waals surface area contributed by atoms with E-state index in [1.54, 1.807) is 13.1 Å². The number of primary amides is 1. The standard InChI is InChI=1S/C24H34N6O7/c1-3-12(2)20(26)23(35)29-16(8-13-10-27-15-7-5-4-6-14(13)15)21(33)28-17(9-19(25)32)22(34)30-18(11-31)24(36)37/h4-7,10,12,16-18,20,27,31H,3,8-9,11,26H2,1-2H3,(H2,25,32)(H,28,33)(H,29,35)(H,30,34)(H,36,37). The van der Waals surface area contributed by atoms with Gasteiger partial charge in [0.2, 0.25) is 23.6 Å². The molecule has 0 saturated heterocycles. The van der Waals surface area contributed by atoms with Gasteiger partial charge in [-0.3, -0.25) is 19.2 Å². The molecule has 10 N–H and O–H groups in total. The number of nitrogens with two attached hydrogens (primary N) is 2. The van der Waals surface area contributed by atoms with Crippen molar-refractivity contribution in [1.82, 2.24) is 20.9 Å². The molecule has 2 aromatic rings. The third kappa shape index (κ3) is 8.02. The second kappa shape index (κ2) is 13.4. The van der Waals surface area contributed by atoms with Gasteiger partial charge in [0.05, 0.1) is 19.1 Å². The molecule has 1 aromatic heterocycles. The van der Waals surface area contributed by atoms with Gasteiger partial charge in [-0.15, -0.1) is 0 Å². The lowest BCUT2D eigenvalue weighted by atomic mass is 9.98. The van der Waals surface area contributed by atoms with Crippen LogP contribution in [0.2, 0.25) is 0 Å². The highest BCUT2D eigenvalue weighted by Crippen LogP contribution is 2.19. The average Bonchev–Trinajstić information content (AvgIpc) is 3.27. The lowest BCUT2D eigenvalue weighted by Crippen LogP contribution is -2.59. The number of hydrogen-bond acceptors (Lipinski definition) is 7. The summed E-state index contributed by atoms with van der Waals surface area (Å²) < 4.78 is 0. The normalized spacial score (nSPS) is 15.1. The molecule has 0 spiro atoms. The van der Waals surface area contributed by atoms with E-state index in [1.807, 2.05) is 36.5 Å². The lowest BCUT2D eigenvalue weighted by Gasteiger charge is -2.25. The van der Waals surface area contributed by atoms with Gasteiger partial charge in [0.1, 0.15) is 18.1 Å². The van der Waals surface area contributed by atoms with E-state index in [2.05, 4.69) is 15.6 Å². The highest BCUT2D eigenvalue weighted by atomic mass is 16.4. The molecule has 1 heterocycles. The lowest BCUT2D eigenvalue weighted by molar-refractivity contribution is -0.143. The molecule has 37 heavy (non-hydrogen) atoms. The summed E-state index contributed by atoms with van der Waals surface area (Å²) in [5.41, 5.74) is 12.8. The molecule has 0 aliphatic rings. The first-order chi connectivity index (χ1) is 17.5. The smallest absolute Gasteiger partial charge is 0.328 e. The van der Waals surface area contributed by atoms with Crippen LogP contribution in [0.15, 0.2) is 30.5 Å². The molecule has 4 amide bonds. The van der Waals surface area contributed by atoms with E-state index in [0.717, 1.165) is 10.9 Å². The first-order valence-electron chi connectivity index (χ1n) is 11.8. The van der Waals surface area contributed by atoms with Crippen LogP contribution in [0, 0.1) is 5.92 Å². The highest BCUT2D eigenvalue weighted by Gasteiger charge is 2.32. The number of carbonyl (C=O) groups excluding carboxylic acids is 4. The van der Waals surface area contributed by atoms with Gasteiger partial charge in [0, 0.05) is 23.5 Å². The van der Waals surface area contributed by atoms with E-state index in [1.165, 1.54) is 0 Å². The molecule has 13 heteroatoms. The number of para-hydroxylation sites is 1. The van der Waals surface area contributed by atoms with Crippen LogP contribution in [0.4, 0.5) is 0 Å². The largest absolute Gasteiger partial charge is 0.480 e. The van der Waals surface area contributed by atoms with E-state index >= 15 is 0 Å². The minimum Gasteiger partial charge on any atom is -0.480 e. The fourth-order valence-corrected chi connectivity index (χ4v) is 3.65. The molecule has 1 aromatic carbocycles. The summed E-state index contributed by atoms with van der Waals surface area (Å²) in [6.45, 7) is 2.76. The predicted molar refractivity (Wildman–Crippen MR) is 134 cm³/mol. The van der Waals surface area contributed by atoms with Crippen molar-refractivity contribution in [2.75, 3.05) is 6.61 Å². The molecule has 0 bridgehead atoms. The molecule has 0 aliphatic heterocycles. The van der Waals surface area contributed by atoms with E-state index in [0.29, 0.717) is 12.0 Å². The SMILES string of the molecule is CCC(C)C(N)C(=O)NC(Cc1c[nH]c2ccccc12)C(=O)NC(CC(N)=O)C(=O)NC(CO)C(=O)O. The molecule has 202 valence electrons. The fourth-order valence-electron chi connectivity index (χ4n) is 3.65. The van der Waals surface area contributed by atoms with E-state index < -0.39 is 66.8 Å². The summed E-state index contributed by atoms with van der Waals surface area (Å²) in [5.74, 6) is -5.04. The minimum atomic E-state index is -1.66. The second-order valence-corrected chi connectivity index (χ2v) is 8.85. The van der Waals surface area contributed by atoms with Crippen molar-refractivity contribution in [2.45, 2.75) is 57.3 Å². The summed E-state index contributed by atoms with van der Waals surface area (Å²) in [4.78, 5) is 64.6. The third-order valence-electron chi connectivity index (χ3n) is 6.13. The minimum absolute atomic E-state index is 0.0219. The zero-order valence-corrected chi connectivity index (χ0v) is 20.7. The summed E-state index contributed by atoms with van der Waals surface area (Å²) >= 11 is 0. The van der Waals surface area contributed by atoms with Gasteiger partial charge in [-0.2, -0.15) is 0 Å². The van der Waals surface area contributed by atoms with Crippen LogP contribution in [0.3, 0.4) is 0 Å². The van der Waals surface area contributed by atoms with Crippen molar-refractivity contribution >= 4 is 40.5 Å². The van der Waals surface area contributed by atoms with Crippen LogP contribution in [0.5, 0.6) is 0 Å². The maximum Gasteiger partial charge on any atom is 0.328 e. The number of aromatic amines is 1.